The first-order valence-corrected chi connectivity index (χ1v) is 9.44. The molecule has 0 unspecified atom stereocenters. The standard InChI is InChI=1S/C21H15NO3S/c1-2-15-11-13-16(14-12-15)26(23,24)25-22-21-19-9-5-3-7-17(19)18-8-4-6-10-20(18)21/h2-14H,1H2. The molecule has 0 saturated carbocycles. The summed E-state index contributed by atoms with van der Waals surface area (Å²) in [4.78, 5) is 0.0482. The van der Waals surface area contributed by atoms with Crippen LogP contribution in [0.5, 0.6) is 0 Å². The first-order chi connectivity index (χ1) is 12.6. The third-order valence-electron chi connectivity index (χ3n) is 4.29. The summed E-state index contributed by atoms with van der Waals surface area (Å²) >= 11 is 0. The van der Waals surface area contributed by atoms with Crippen LogP contribution in [0.3, 0.4) is 0 Å². The molecule has 26 heavy (non-hydrogen) atoms. The van der Waals surface area contributed by atoms with Crippen molar-refractivity contribution in [3.63, 3.8) is 0 Å². The van der Waals surface area contributed by atoms with Crippen molar-refractivity contribution in [1.82, 2.24) is 0 Å². The molecule has 0 atom stereocenters. The average molecular weight is 361 g/mol. The van der Waals surface area contributed by atoms with E-state index in [1.54, 1.807) is 18.2 Å². The minimum Gasteiger partial charge on any atom is -0.264 e. The summed E-state index contributed by atoms with van der Waals surface area (Å²) in [5, 5.41) is 4.01. The van der Waals surface area contributed by atoms with Crippen LogP contribution in [-0.4, -0.2) is 14.1 Å². The molecule has 128 valence electrons. The molecule has 3 aromatic carbocycles. The molecule has 0 N–H and O–H groups in total. The molecule has 4 rings (SSSR count). The van der Waals surface area contributed by atoms with Crippen LogP contribution in [0.25, 0.3) is 17.2 Å². The lowest BCUT2D eigenvalue weighted by Gasteiger charge is -2.04. The van der Waals surface area contributed by atoms with Crippen LogP contribution in [0.15, 0.2) is 89.4 Å². The highest BCUT2D eigenvalue weighted by Crippen LogP contribution is 2.36. The van der Waals surface area contributed by atoms with Gasteiger partial charge in [0.05, 0.1) is 0 Å². The second kappa shape index (κ2) is 6.28. The van der Waals surface area contributed by atoms with Crippen LogP contribution in [-0.2, 0) is 14.4 Å². The predicted octanol–water partition coefficient (Wildman–Crippen LogP) is 4.47. The van der Waals surface area contributed by atoms with Gasteiger partial charge in [0, 0.05) is 11.1 Å². The van der Waals surface area contributed by atoms with Crippen LogP contribution in [0.4, 0.5) is 0 Å². The lowest BCUT2D eigenvalue weighted by molar-refractivity contribution is 0.339. The van der Waals surface area contributed by atoms with Crippen LogP contribution >= 0.6 is 0 Å². The van der Waals surface area contributed by atoms with Gasteiger partial charge in [0.25, 0.3) is 0 Å². The van der Waals surface area contributed by atoms with Gasteiger partial charge in [-0.1, -0.05) is 78.5 Å². The van der Waals surface area contributed by atoms with Gasteiger partial charge in [0.2, 0.25) is 0 Å². The molecule has 0 amide bonds. The van der Waals surface area contributed by atoms with E-state index in [1.807, 2.05) is 48.5 Å². The number of hydrogen-bond donors (Lipinski definition) is 0. The van der Waals surface area contributed by atoms with Gasteiger partial charge >= 0.3 is 10.1 Å². The Hall–Kier alpha value is -3.18. The second-order valence-corrected chi connectivity index (χ2v) is 7.36. The van der Waals surface area contributed by atoms with Gasteiger partial charge in [0.1, 0.15) is 10.6 Å². The fourth-order valence-corrected chi connectivity index (χ4v) is 3.72. The Morgan fingerprint density at radius 2 is 1.27 bits per heavy atom. The van der Waals surface area contributed by atoms with Gasteiger partial charge in [-0.15, -0.1) is 0 Å². The fraction of sp³-hybridized carbons (Fsp3) is 0. The Morgan fingerprint density at radius 3 is 1.77 bits per heavy atom. The molecule has 5 heteroatoms. The number of benzene rings is 3. The summed E-state index contributed by atoms with van der Waals surface area (Å²) in [5.74, 6) is 0. The third kappa shape index (κ3) is 2.72. The molecule has 0 spiro atoms. The van der Waals surface area contributed by atoms with E-state index in [0.717, 1.165) is 27.8 Å². The van der Waals surface area contributed by atoms with Crippen LogP contribution < -0.4 is 0 Å². The van der Waals surface area contributed by atoms with Crippen LogP contribution in [0.2, 0.25) is 0 Å². The van der Waals surface area contributed by atoms with E-state index in [-0.39, 0.29) is 4.90 Å². The molecule has 0 fully saturated rings. The monoisotopic (exact) mass is 361 g/mol. The van der Waals surface area contributed by atoms with Gasteiger partial charge in [0.15, 0.2) is 0 Å². The van der Waals surface area contributed by atoms with Gasteiger partial charge in [-0.3, -0.25) is 4.28 Å². The van der Waals surface area contributed by atoms with E-state index in [9.17, 15) is 8.42 Å². The Morgan fingerprint density at radius 1 is 0.769 bits per heavy atom. The molecule has 1 aliphatic rings. The maximum Gasteiger partial charge on any atom is 0.358 e. The number of nitrogens with zero attached hydrogens (tertiary/aromatic N) is 1. The molecule has 1 aliphatic carbocycles. The molecule has 0 heterocycles. The molecule has 0 aromatic heterocycles. The van der Waals surface area contributed by atoms with Gasteiger partial charge < -0.3 is 0 Å². The van der Waals surface area contributed by atoms with Crippen molar-refractivity contribution < 1.29 is 12.7 Å². The average Bonchev–Trinajstić information content (AvgIpc) is 3.00. The number of oxime groups is 1. The van der Waals surface area contributed by atoms with E-state index in [1.165, 1.54) is 12.1 Å². The fourth-order valence-electron chi connectivity index (χ4n) is 2.99. The van der Waals surface area contributed by atoms with E-state index < -0.39 is 10.1 Å². The topological polar surface area (TPSA) is 55.7 Å². The zero-order valence-corrected chi connectivity index (χ0v) is 14.6. The van der Waals surface area contributed by atoms with E-state index in [2.05, 4.69) is 11.7 Å². The predicted molar refractivity (Wildman–Crippen MR) is 102 cm³/mol. The molecule has 0 bridgehead atoms. The lowest BCUT2D eigenvalue weighted by atomic mass is 10.1. The van der Waals surface area contributed by atoms with Gasteiger partial charge in [-0.2, -0.15) is 8.42 Å². The maximum atomic E-state index is 12.5. The third-order valence-corrected chi connectivity index (χ3v) is 5.41. The quantitative estimate of drug-likeness (QED) is 0.504. The van der Waals surface area contributed by atoms with Gasteiger partial charge in [-0.25, -0.2) is 0 Å². The smallest absolute Gasteiger partial charge is 0.264 e. The van der Waals surface area contributed by atoms with Crippen molar-refractivity contribution in [2.75, 3.05) is 0 Å². The van der Waals surface area contributed by atoms with Crippen molar-refractivity contribution in [1.29, 1.82) is 0 Å². The molecule has 0 saturated heterocycles. The first-order valence-electron chi connectivity index (χ1n) is 8.03. The van der Waals surface area contributed by atoms with Crippen molar-refractivity contribution in [2.45, 2.75) is 4.90 Å². The molecular weight excluding hydrogens is 346 g/mol. The summed E-state index contributed by atoms with van der Waals surface area (Å²) < 4.78 is 29.9. The summed E-state index contributed by atoms with van der Waals surface area (Å²) in [5.41, 5.74) is 5.07. The van der Waals surface area contributed by atoms with Crippen molar-refractivity contribution in [3.05, 3.63) is 96.1 Å². The Bertz CT molecular complexity index is 1080. The summed E-state index contributed by atoms with van der Waals surface area (Å²) in [6, 6.07) is 21.7. The largest absolute Gasteiger partial charge is 0.358 e. The number of rotatable bonds is 4. The highest BCUT2D eigenvalue weighted by atomic mass is 32.2. The molecular formula is C21H15NO3S. The zero-order valence-electron chi connectivity index (χ0n) is 13.8. The van der Waals surface area contributed by atoms with E-state index in [4.69, 9.17) is 4.28 Å². The van der Waals surface area contributed by atoms with Crippen molar-refractivity contribution in [3.8, 4) is 11.1 Å². The highest BCUT2D eigenvalue weighted by molar-refractivity contribution is 7.86. The van der Waals surface area contributed by atoms with Crippen molar-refractivity contribution in [2.24, 2.45) is 5.16 Å². The summed E-state index contributed by atoms with van der Waals surface area (Å²) in [6.07, 6.45) is 1.64. The van der Waals surface area contributed by atoms with Crippen LogP contribution in [0, 0.1) is 0 Å². The summed E-state index contributed by atoms with van der Waals surface area (Å²) in [7, 11) is -4.00. The SMILES string of the molecule is C=Cc1ccc(S(=O)(=O)ON=C2c3ccccc3-c3ccccc32)cc1. The maximum absolute atomic E-state index is 12.5. The molecule has 4 nitrogen and oxygen atoms in total. The van der Waals surface area contributed by atoms with Crippen LogP contribution in [0.1, 0.15) is 16.7 Å². The van der Waals surface area contributed by atoms with Gasteiger partial charge in [-0.05, 0) is 28.8 Å². The summed E-state index contributed by atoms with van der Waals surface area (Å²) in [6.45, 7) is 3.65. The Labute approximate surface area is 152 Å². The molecule has 0 aliphatic heterocycles. The number of hydrogen-bond acceptors (Lipinski definition) is 4. The minimum absolute atomic E-state index is 0.0482. The molecule has 0 radical (unpaired) electrons. The Kier molecular flexibility index (Phi) is 3.93. The minimum atomic E-state index is -4.00. The van der Waals surface area contributed by atoms with Crippen molar-refractivity contribution >= 4 is 21.9 Å². The Balaban J connectivity index is 1.73. The lowest BCUT2D eigenvalue weighted by Crippen LogP contribution is -2.06. The van der Waals surface area contributed by atoms with E-state index in [0.29, 0.717) is 5.71 Å². The van der Waals surface area contributed by atoms with E-state index >= 15 is 0 Å². The number of fused-ring (bicyclic) bond motifs is 3. The normalized spacial score (nSPS) is 12.2. The zero-order chi connectivity index (χ0) is 18.1. The second-order valence-electron chi connectivity index (χ2n) is 5.83. The molecule has 3 aromatic rings. The first kappa shape index (κ1) is 16.3. The highest BCUT2D eigenvalue weighted by Gasteiger charge is 2.26.